The molecule has 0 heterocycles. The number of allylic oxidation sites excluding steroid dienone is 1. The second kappa shape index (κ2) is 6.62. The van der Waals surface area contributed by atoms with Gasteiger partial charge in [0.1, 0.15) is 5.21 Å². The molecule has 4 nitrogen and oxygen atoms in total. The van der Waals surface area contributed by atoms with Crippen LogP contribution < -0.4 is 0 Å². The Labute approximate surface area is 140 Å². The average Bonchev–Trinajstić information content (AvgIpc) is 2.49. The van der Waals surface area contributed by atoms with Gasteiger partial charge in [0, 0.05) is 0 Å². The van der Waals surface area contributed by atoms with Crippen molar-refractivity contribution in [1.29, 1.82) is 0 Å². The molecule has 0 radical (unpaired) electrons. The monoisotopic (exact) mass is 348 g/mol. The lowest BCUT2D eigenvalue weighted by atomic mass is 9.48. The molecule has 126 valence electrons. The fourth-order valence-corrected chi connectivity index (χ4v) is 5.37. The van der Waals surface area contributed by atoms with E-state index in [2.05, 4.69) is 13.5 Å². The van der Waals surface area contributed by atoms with Gasteiger partial charge >= 0.3 is 5.97 Å². The first-order valence-corrected chi connectivity index (χ1v) is 9.39. The first-order valence-electron chi connectivity index (χ1n) is 7.61. The topological polar surface area (TPSA) is 52.6 Å². The van der Waals surface area contributed by atoms with E-state index in [9.17, 15) is 9.00 Å². The molecule has 3 rings (SSSR count). The highest BCUT2D eigenvalue weighted by molar-refractivity contribution is 7.81. The number of fused-ring (bicyclic) bond motifs is 3. The summed E-state index contributed by atoms with van der Waals surface area (Å²) >= 11 is 4.14. The van der Waals surface area contributed by atoms with Crippen molar-refractivity contribution in [2.45, 2.75) is 39.7 Å². The van der Waals surface area contributed by atoms with E-state index < -0.39 is 16.5 Å². The fourth-order valence-electron chi connectivity index (χ4n) is 4.59. The molecule has 22 heavy (non-hydrogen) atoms. The predicted molar refractivity (Wildman–Crippen MR) is 87.5 cm³/mol. The van der Waals surface area contributed by atoms with Gasteiger partial charge in [-0.05, 0) is 50.4 Å². The first-order chi connectivity index (χ1) is 10.3. The quantitative estimate of drug-likeness (QED) is 0.434. The zero-order valence-corrected chi connectivity index (χ0v) is 15.2. The standard InChI is InChI=1S/C16H25ClO4S/c1-9(2)11-6-13-10(3)14(21-22(19)8-17)12(11)7-16(13,4)15(18)20-5/h10-14H,1,6-8H2,2-5H3/t10-,11-,12-,13+,14-,16+,22?/m0/s1. The molecule has 0 aliphatic heterocycles. The number of methoxy groups -OCH3 is 1. The van der Waals surface area contributed by atoms with E-state index in [1.165, 1.54) is 7.11 Å². The Kier molecular flexibility index (Phi) is 5.40. The van der Waals surface area contributed by atoms with Crippen molar-refractivity contribution >= 4 is 28.7 Å². The number of hydrogen-bond donors (Lipinski definition) is 0. The van der Waals surface area contributed by atoms with E-state index in [-0.39, 0.29) is 41.0 Å². The van der Waals surface area contributed by atoms with E-state index in [0.29, 0.717) is 6.42 Å². The van der Waals surface area contributed by atoms with Gasteiger partial charge in [0.05, 0.1) is 18.6 Å². The summed E-state index contributed by atoms with van der Waals surface area (Å²) in [4.78, 5) is 12.3. The number of alkyl halides is 1. The lowest BCUT2D eigenvalue weighted by Crippen LogP contribution is -2.59. The fraction of sp³-hybridized carbons (Fsp3) is 0.812. The Morgan fingerprint density at radius 3 is 2.64 bits per heavy atom. The summed E-state index contributed by atoms with van der Waals surface area (Å²) in [7, 11) is 1.44. The van der Waals surface area contributed by atoms with Crippen molar-refractivity contribution in [2.75, 3.05) is 12.3 Å². The normalized spacial score (nSPS) is 42.0. The van der Waals surface area contributed by atoms with Gasteiger partial charge in [0.2, 0.25) is 0 Å². The second-order valence-corrected chi connectivity index (χ2v) is 8.58. The van der Waals surface area contributed by atoms with Gasteiger partial charge in [-0.2, -0.15) is 0 Å². The molecule has 0 N–H and O–H groups in total. The summed E-state index contributed by atoms with van der Waals surface area (Å²) in [6, 6.07) is 0. The van der Waals surface area contributed by atoms with Gasteiger partial charge < -0.3 is 4.74 Å². The maximum atomic E-state index is 12.3. The molecule has 0 amide bonds. The summed E-state index contributed by atoms with van der Waals surface area (Å²) in [5.74, 6) is 0.506. The molecule has 6 heteroatoms. The number of rotatable bonds is 5. The molecular weight excluding hydrogens is 324 g/mol. The number of ether oxygens (including phenoxy) is 1. The van der Waals surface area contributed by atoms with Crippen LogP contribution in [0, 0.1) is 29.1 Å². The van der Waals surface area contributed by atoms with Crippen LogP contribution in [0.3, 0.4) is 0 Å². The average molecular weight is 349 g/mol. The van der Waals surface area contributed by atoms with Crippen LogP contribution in [0.5, 0.6) is 0 Å². The Balaban J connectivity index is 2.34. The van der Waals surface area contributed by atoms with Crippen LogP contribution in [-0.2, 0) is 24.8 Å². The van der Waals surface area contributed by atoms with Gasteiger partial charge in [-0.15, -0.1) is 11.6 Å². The van der Waals surface area contributed by atoms with Crippen molar-refractivity contribution in [3.8, 4) is 0 Å². The molecule has 1 unspecified atom stereocenters. The van der Waals surface area contributed by atoms with Crippen LogP contribution in [-0.4, -0.2) is 28.6 Å². The van der Waals surface area contributed by atoms with Crippen molar-refractivity contribution in [2.24, 2.45) is 29.1 Å². The third-order valence-corrected chi connectivity index (χ3v) is 6.82. The zero-order valence-electron chi connectivity index (χ0n) is 13.6. The highest BCUT2D eigenvalue weighted by Gasteiger charge is 2.60. The Bertz CT molecular complexity index is 495. The summed E-state index contributed by atoms with van der Waals surface area (Å²) < 4.78 is 22.5. The third kappa shape index (κ3) is 2.87. The molecule has 0 aromatic carbocycles. The highest BCUT2D eigenvalue weighted by Crippen LogP contribution is 2.59. The van der Waals surface area contributed by atoms with Gasteiger partial charge in [0.15, 0.2) is 11.1 Å². The van der Waals surface area contributed by atoms with Gasteiger partial charge in [-0.3, -0.25) is 8.98 Å². The Hall–Kier alpha value is -0.390. The minimum Gasteiger partial charge on any atom is -0.469 e. The van der Waals surface area contributed by atoms with Gasteiger partial charge in [-0.1, -0.05) is 19.1 Å². The maximum Gasteiger partial charge on any atom is 0.311 e. The molecule has 0 spiro atoms. The molecule has 3 aliphatic rings. The van der Waals surface area contributed by atoms with Crippen LogP contribution in [0.4, 0.5) is 0 Å². The van der Waals surface area contributed by atoms with Gasteiger partial charge in [0.25, 0.3) is 0 Å². The molecule has 2 bridgehead atoms. The van der Waals surface area contributed by atoms with E-state index in [4.69, 9.17) is 20.5 Å². The molecule has 3 aliphatic carbocycles. The van der Waals surface area contributed by atoms with Crippen molar-refractivity contribution in [1.82, 2.24) is 0 Å². The highest BCUT2D eigenvalue weighted by atomic mass is 35.5. The largest absolute Gasteiger partial charge is 0.469 e. The zero-order chi connectivity index (χ0) is 16.7. The number of carbonyl (C=O) groups is 1. The molecule has 0 saturated heterocycles. The SMILES string of the molecule is C=C(C)[C@@H]1C[C@@H]2[C@H](C)[C@H](OS(=O)CCl)[C@H]1C[C@@]2(C)C(=O)OC. The van der Waals surface area contributed by atoms with E-state index >= 15 is 0 Å². The molecule has 0 aromatic rings. The van der Waals surface area contributed by atoms with E-state index in [1.54, 1.807) is 0 Å². The summed E-state index contributed by atoms with van der Waals surface area (Å²) in [5, 5.41) is -0.0351. The maximum absolute atomic E-state index is 12.3. The van der Waals surface area contributed by atoms with E-state index in [0.717, 1.165) is 12.0 Å². The van der Waals surface area contributed by atoms with Crippen molar-refractivity contribution < 1.29 is 17.9 Å². The Morgan fingerprint density at radius 1 is 1.50 bits per heavy atom. The number of carbonyl (C=O) groups excluding carboxylic acids is 1. The minimum absolute atomic E-state index is 0.0351. The molecule has 3 fully saturated rings. The molecule has 7 atom stereocenters. The molecule has 3 saturated carbocycles. The van der Waals surface area contributed by atoms with Crippen LogP contribution in [0.1, 0.15) is 33.6 Å². The minimum atomic E-state index is -1.49. The second-order valence-electron chi connectivity index (χ2n) is 6.90. The third-order valence-electron chi connectivity index (χ3n) is 5.67. The number of hydrogen-bond acceptors (Lipinski definition) is 4. The van der Waals surface area contributed by atoms with Crippen LogP contribution >= 0.6 is 11.6 Å². The summed E-state index contributed by atoms with van der Waals surface area (Å²) in [6.07, 6.45) is 1.43. The number of esters is 1. The molecular formula is C16H25ClO4S. The lowest BCUT2D eigenvalue weighted by molar-refractivity contribution is -0.179. The summed E-state index contributed by atoms with van der Waals surface area (Å²) in [5.41, 5.74) is 0.590. The van der Waals surface area contributed by atoms with Crippen LogP contribution in [0.25, 0.3) is 0 Å². The number of halogens is 1. The van der Waals surface area contributed by atoms with Crippen molar-refractivity contribution in [3.05, 3.63) is 12.2 Å². The smallest absolute Gasteiger partial charge is 0.311 e. The predicted octanol–water partition coefficient (Wildman–Crippen LogP) is 3.28. The van der Waals surface area contributed by atoms with Crippen molar-refractivity contribution in [3.63, 3.8) is 0 Å². The molecule has 0 aromatic heterocycles. The lowest BCUT2D eigenvalue weighted by Gasteiger charge is -2.58. The van der Waals surface area contributed by atoms with E-state index in [1.807, 2.05) is 13.8 Å². The first kappa shape index (κ1) is 18.0. The van der Waals surface area contributed by atoms with Gasteiger partial charge in [-0.25, -0.2) is 4.21 Å². The summed E-state index contributed by atoms with van der Waals surface area (Å²) in [6.45, 7) is 10.2. The van der Waals surface area contributed by atoms with Crippen LogP contribution in [0.2, 0.25) is 0 Å². The Morgan fingerprint density at radius 2 is 2.14 bits per heavy atom. The van der Waals surface area contributed by atoms with Crippen LogP contribution in [0.15, 0.2) is 12.2 Å².